The fourth-order valence-electron chi connectivity index (χ4n) is 1.45. The number of benzene rings is 1. The van der Waals surface area contributed by atoms with Crippen LogP contribution in [-0.2, 0) is 9.59 Å². The van der Waals surface area contributed by atoms with Gasteiger partial charge in [0.25, 0.3) is 0 Å². The van der Waals surface area contributed by atoms with Crippen LogP contribution in [0, 0.1) is 0 Å². The molecule has 0 saturated heterocycles. The third-order valence-corrected chi connectivity index (χ3v) is 2.29. The number of hydrogen-bond acceptors (Lipinski definition) is 4. The maximum atomic E-state index is 10.5. The summed E-state index contributed by atoms with van der Waals surface area (Å²) in [6, 6.07) is 3.12. The van der Waals surface area contributed by atoms with Crippen molar-refractivity contribution >= 4 is 24.4 Å². The molecule has 1 aromatic rings. The minimum atomic E-state index is -1.06. The molecule has 0 heterocycles. The summed E-state index contributed by atoms with van der Waals surface area (Å²) in [6.45, 7) is 0. The molecule has 0 amide bonds. The van der Waals surface area contributed by atoms with Crippen molar-refractivity contribution < 1.29 is 24.5 Å². The Kier molecular flexibility index (Phi) is 5.35. The number of carboxylic acid groups (broad SMARTS) is 1. The van der Waals surface area contributed by atoms with E-state index in [1.807, 2.05) is 0 Å². The monoisotopic (exact) mass is 262 g/mol. The molecule has 5 nitrogen and oxygen atoms in total. The van der Waals surface area contributed by atoms with E-state index in [4.69, 9.17) is 9.84 Å². The highest BCUT2D eigenvalue weighted by Crippen LogP contribution is 2.32. The Morgan fingerprint density at radius 2 is 2.11 bits per heavy atom. The summed E-state index contributed by atoms with van der Waals surface area (Å²) in [4.78, 5) is 20.7. The first-order valence-electron chi connectivity index (χ1n) is 5.50. The molecule has 5 heteroatoms. The lowest BCUT2D eigenvalue weighted by atomic mass is 10.1. The Hall–Kier alpha value is -2.56. The largest absolute Gasteiger partial charge is 0.504 e. The summed E-state index contributed by atoms with van der Waals surface area (Å²) < 4.78 is 5.00. The van der Waals surface area contributed by atoms with E-state index in [-0.39, 0.29) is 17.9 Å². The summed E-state index contributed by atoms with van der Waals surface area (Å²) in [5, 5.41) is 18.5. The summed E-state index contributed by atoms with van der Waals surface area (Å²) >= 11 is 0. The number of ether oxygens (including phenoxy) is 1. The second-order valence-corrected chi connectivity index (χ2v) is 3.64. The summed E-state index contributed by atoms with van der Waals surface area (Å²) in [5.41, 5.74) is 1.02. The van der Waals surface area contributed by atoms with Gasteiger partial charge in [-0.15, -0.1) is 0 Å². The number of allylic oxidation sites excluding steroid dienone is 1. The molecule has 0 aliphatic carbocycles. The van der Waals surface area contributed by atoms with Crippen LogP contribution in [0.15, 0.2) is 24.3 Å². The molecule has 0 saturated carbocycles. The van der Waals surface area contributed by atoms with Crippen LogP contribution in [0.3, 0.4) is 0 Å². The van der Waals surface area contributed by atoms with Gasteiger partial charge >= 0.3 is 5.97 Å². The van der Waals surface area contributed by atoms with Gasteiger partial charge in [-0.05, 0) is 23.8 Å². The summed E-state index contributed by atoms with van der Waals surface area (Å²) in [7, 11) is 1.40. The van der Waals surface area contributed by atoms with E-state index in [1.165, 1.54) is 19.3 Å². The Morgan fingerprint density at radius 3 is 2.68 bits per heavy atom. The lowest BCUT2D eigenvalue weighted by Gasteiger charge is -2.08. The standard InChI is InChI=1S/C14H14O5/c1-19-12-9-10(5-6-13(16)17)8-11(14(12)18)4-2-3-7-15/h2,4-9,18H,3H2,1H3,(H,16,17). The molecule has 0 atom stereocenters. The third kappa shape index (κ3) is 4.31. The van der Waals surface area contributed by atoms with E-state index in [9.17, 15) is 14.7 Å². The van der Waals surface area contributed by atoms with Gasteiger partial charge in [0, 0.05) is 18.1 Å². The molecule has 100 valence electrons. The Labute approximate surface area is 110 Å². The van der Waals surface area contributed by atoms with Crippen molar-refractivity contribution in [2.24, 2.45) is 0 Å². The van der Waals surface area contributed by atoms with Crippen molar-refractivity contribution in [3.63, 3.8) is 0 Å². The number of hydrogen-bond donors (Lipinski definition) is 2. The molecule has 1 rings (SSSR count). The zero-order valence-corrected chi connectivity index (χ0v) is 10.4. The number of phenols is 1. The molecule has 0 aromatic heterocycles. The number of rotatable bonds is 6. The average molecular weight is 262 g/mol. The molecule has 0 radical (unpaired) electrons. The highest BCUT2D eigenvalue weighted by atomic mass is 16.5. The van der Waals surface area contributed by atoms with Crippen molar-refractivity contribution in [2.45, 2.75) is 6.42 Å². The maximum absolute atomic E-state index is 10.5. The minimum absolute atomic E-state index is 0.0582. The molecule has 2 N–H and O–H groups in total. The molecular formula is C14H14O5. The van der Waals surface area contributed by atoms with E-state index < -0.39 is 5.97 Å². The molecular weight excluding hydrogens is 248 g/mol. The van der Waals surface area contributed by atoms with Gasteiger partial charge in [-0.2, -0.15) is 0 Å². The quantitative estimate of drug-likeness (QED) is 0.606. The maximum Gasteiger partial charge on any atom is 0.328 e. The molecule has 0 aliphatic rings. The molecule has 0 aliphatic heterocycles. The van der Waals surface area contributed by atoms with E-state index in [1.54, 1.807) is 18.2 Å². The zero-order valence-electron chi connectivity index (χ0n) is 10.4. The van der Waals surface area contributed by atoms with Gasteiger partial charge in [0.15, 0.2) is 11.5 Å². The molecule has 1 aromatic carbocycles. The molecule has 0 spiro atoms. The van der Waals surface area contributed by atoms with Gasteiger partial charge in [-0.1, -0.05) is 12.2 Å². The van der Waals surface area contributed by atoms with Crippen molar-refractivity contribution in [3.8, 4) is 11.5 Å². The number of carbonyl (C=O) groups excluding carboxylic acids is 1. The van der Waals surface area contributed by atoms with Gasteiger partial charge in [0.05, 0.1) is 7.11 Å². The molecule has 19 heavy (non-hydrogen) atoms. The van der Waals surface area contributed by atoms with Crippen LogP contribution in [-0.4, -0.2) is 29.6 Å². The number of aldehydes is 1. The minimum Gasteiger partial charge on any atom is -0.504 e. The molecule has 0 bridgehead atoms. The van der Waals surface area contributed by atoms with Crippen molar-refractivity contribution in [1.82, 2.24) is 0 Å². The predicted octanol–water partition coefficient (Wildman–Crippen LogP) is 2.10. The number of carbonyl (C=O) groups is 2. The highest BCUT2D eigenvalue weighted by molar-refractivity contribution is 5.85. The average Bonchev–Trinajstić information content (AvgIpc) is 2.39. The van der Waals surface area contributed by atoms with Crippen molar-refractivity contribution in [2.75, 3.05) is 7.11 Å². The van der Waals surface area contributed by atoms with E-state index in [0.29, 0.717) is 11.1 Å². The van der Waals surface area contributed by atoms with Crippen LogP contribution in [0.4, 0.5) is 0 Å². The second kappa shape index (κ2) is 7.00. The first kappa shape index (κ1) is 14.5. The van der Waals surface area contributed by atoms with E-state index in [2.05, 4.69) is 0 Å². The van der Waals surface area contributed by atoms with Crippen LogP contribution in [0.5, 0.6) is 11.5 Å². The summed E-state index contributed by atoms with van der Waals surface area (Å²) in [6.07, 6.45) is 6.51. The van der Waals surface area contributed by atoms with Crippen LogP contribution in [0.1, 0.15) is 17.5 Å². The first-order valence-corrected chi connectivity index (χ1v) is 5.50. The van der Waals surface area contributed by atoms with Gasteiger partial charge in [0.1, 0.15) is 6.29 Å². The molecule has 0 unspecified atom stereocenters. The van der Waals surface area contributed by atoms with Crippen molar-refractivity contribution in [3.05, 3.63) is 35.4 Å². The van der Waals surface area contributed by atoms with Crippen LogP contribution in [0.2, 0.25) is 0 Å². The lowest BCUT2D eigenvalue weighted by Crippen LogP contribution is -1.89. The lowest BCUT2D eigenvalue weighted by molar-refractivity contribution is -0.131. The number of aromatic hydroxyl groups is 1. The van der Waals surface area contributed by atoms with Gasteiger partial charge in [-0.25, -0.2) is 4.79 Å². The number of carboxylic acids is 1. The number of methoxy groups -OCH3 is 1. The van der Waals surface area contributed by atoms with Crippen LogP contribution in [0.25, 0.3) is 12.2 Å². The second-order valence-electron chi connectivity index (χ2n) is 3.64. The third-order valence-electron chi connectivity index (χ3n) is 2.29. The highest BCUT2D eigenvalue weighted by Gasteiger charge is 2.07. The fraction of sp³-hybridized carbons (Fsp3) is 0.143. The topological polar surface area (TPSA) is 83.8 Å². The molecule has 0 fully saturated rings. The smallest absolute Gasteiger partial charge is 0.328 e. The first-order chi connectivity index (χ1) is 9.08. The van der Waals surface area contributed by atoms with Crippen LogP contribution >= 0.6 is 0 Å². The fourth-order valence-corrected chi connectivity index (χ4v) is 1.45. The Bertz CT molecular complexity index is 529. The van der Waals surface area contributed by atoms with Crippen LogP contribution < -0.4 is 4.74 Å². The SMILES string of the molecule is COc1cc(C=CC(=O)O)cc(C=CCC=O)c1O. The normalized spacial score (nSPS) is 11.0. The van der Waals surface area contributed by atoms with E-state index >= 15 is 0 Å². The number of phenolic OH excluding ortho intramolecular Hbond substituents is 1. The summed E-state index contributed by atoms with van der Waals surface area (Å²) in [5.74, 6) is -0.888. The van der Waals surface area contributed by atoms with Gasteiger partial charge < -0.3 is 19.7 Å². The van der Waals surface area contributed by atoms with Crippen molar-refractivity contribution in [1.29, 1.82) is 0 Å². The van der Waals surface area contributed by atoms with Gasteiger partial charge in [-0.3, -0.25) is 0 Å². The Balaban J connectivity index is 3.17. The van der Waals surface area contributed by atoms with Gasteiger partial charge in [0.2, 0.25) is 0 Å². The van der Waals surface area contributed by atoms with E-state index in [0.717, 1.165) is 12.4 Å². The number of aliphatic carboxylic acids is 1. The zero-order chi connectivity index (χ0) is 14.3. The Morgan fingerprint density at radius 1 is 1.37 bits per heavy atom. The predicted molar refractivity (Wildman–Crippen MR) is 71.0 cm³/mol.